The summed E-state index contributed by atoms with van der Waals surface area (Å²) >= 11 is 0. The first-order chi connectivity index (χ1) is 8.70. The zero-order valence-corrected chi connectivity index (χ0v) is 10.3. The third kappa shape index (κ3) is 2.26. The van der Waals surface area contributed by atoms with E-state index in [4.69, 9.17) is 9.84 Å². The first kappa shape index (κ1) is 13.1. The van der Waals surface area contributed by atoms with Crippen molar-refractivity contribution in [2.75, 3.05) is 13.2 Å². The molecular weight excluding hydrogens is 232 g/mol. The molecule has 0 aliphatic heterocycles. The van der Waals surface area contributed by atoms with Gasteiger partial charge in [-0.2, -0.15) is 0 Å². The normalized spacial score (nSPS) is 23.2. The highest BCUT2D eigenvalue weighted by Gasteiger charge is 2.43. The molecule has 0 heterocycles. The Morgan fingerprint density at radius 3 is 2.83 bits per heavy atom. The van der Waals surface area contributed by atoms with Gasteiger partial charge in [-0.3, -0.25) is 0 Å². The summed E-state index contributed by atoms with van der Waals surface area (Å²) in [7, 11) is 0. The summed E-state index contributed by atoms with van der Waals surface area (Å²) in [6.07, 6.45) is 3.12. The Morgan fingerprint density at radius 2 is 2.11 bits per heavy atom. The monoisotopic (exact) mass is 250 g/mol. The van der Waals surface area contributed by atoms with Gasteiger partial charge in [0.05, 0.1) is 13.2 Å². The Morgan fingerprint density at radius 1 is 1.33 bits per heavy atom. The maximum absolute atomic E-state index is 11.7. The third-order valence-corrected chi connectivity index (χ3v) is 3.46. The Hall–Kier alpha value is -1.39. The lowest BCUT2D eigenvalue weighted by molar-refractivity contribution is -0.170. The summed E-state index contributed by atoms with van der Waals surface area (Å²) in [4.78, 5) is 11.7. The van der Waals surface area contributed by atoms with E-state index in [9.17, 15) is 9.90 Å². The van der Waals surface area contributed by atoms with E-state index < -0.39 is 11.6 Å². The predicted molar refractivity (Wildman–Crippen MR) is 66.3 cm³/mol. The molecule has 0 bridgehead atoms. The molecule has 0 saturated heterocycles. The molecule has 0 aromatic heterocycles. The largest absolute Gasteiger partial charge is 0.479 e. The molecule has 1 aromatic carbocycles. The molecule has 0 fully saturated rings. The van der Waals surface area contributed by atoms with Crippen LogP contribution in [0.15, 0.2) is 24.3 Å². The van der Waals surface area contributed by atoms with E-state index in [-0.39, 0.29) is 13.2 Å². The summed E-state index contributed by atoms with van der Waals surface area (Å²) < 4.78 is 5.54. The molecule has 0 amide bonds. The van der Waals surface area contributed by atoms with Gasteiger partial charge in [-0.15, -0.1) is 0 Å². The van der Waals surface area contributed by atoms with Gasteiger partial charge < -0.3 is 14.9 Å². The van der Waals surface area contributed by atoms with Gasteiger partial charge >= 0.3 is 5.97 Å². The molecule has 98 valence electrons. The number of carboxylic acid groups (broad SMARTS) is 1. The molecule has 1 atom stereocenters. The second-order valence-corrected chi connectivity index (χ2v) is 4.57. The zero-order chi connectivity index (χ0) is 13.0. The average molecular weight is 250 g/mol. The van der Waals surface area contributed by atoms with Gasteiger partial charge in [-0.05, 0) is 36.8 Å². The van der Waals surface area contributed by atoms with Crippen molar-refractivity contribution in [2.24, 2.45) is 0 Å². The van der Waals surface area contributed by atoms with Crippen molar-refractivity contribution in [3.63, 3.8) is 0 Å². The van der Waals surface area contributed by atoms with Crippen LogP contribution in [0.25, 0.3) is 0 Å². The Kier molecular flexibility index (Phi) is 3.99. The molecule has 1 aliphatic rings. The first-order valence-corrected chi connectivity index (χ1v) is 6.27. The highest BCUT2D eigenvalue weighted by molar-refractivity contribution is 5.80. The van der Waals surface area contributed by atoms with Crippen LogP contribution in [0, 0.1) is 0 Å². The highest BCUT2D eigenvalue weighted by Crippen LogP contribution is 2.37. The zero-order valence-electron chi connectivity index (χ0n) is 10.3. The molecule has 1 aromatic rings. The summed E-state index contributed by atoms with van der Waals surface area (Å²) in [5.74, 6) is -0.967. The van der Waals surface area contributed by atoms with E-state index in [1.807, 2.05) is 24.3 Å². The number of aliphatic hydroxyl groups excluding tert-OH is 1. The lowest BCUT2D eigenvalue weighted by Crippen LogP contribution is -2.39. The minimum absolute atomic E-state index is 0.0423. The van der Waals surface area contributed by atoms with Crippen LogP contribution in [0.4, 0.5) is 0 Å². The smallest absolute Gasteiger partial charge is 0.340 e. The van der Waals surface area contributed by atoms with Gasteiger partial charge in [-0.25, -0.2) is 4.79 Å². The lowest BCUT2D eigenvalue weighted by atomic mass is 9.87. The van der Waals surface area contributed by atoms with Crippen LogP contribution < -0.4 is 0 Å². The third-order valence-electron chi connectivity index (χ3n) is 3.46. The van der Waals surface area contributed by atoms with E-state index in [2.05, 4.69) is 0 Å². The summed E-state index contributed by atoms with van der Waals surface area (Å²) in [6, 6.07) is 7.54. The number of benzene rings is 1. The van der Waals surface area contributed by atoms with Gasteiger partial charge in [0.25, 0.3) is 0 Å². The van der Waals surface area contributed by atoms with Crippen molar-refractivity contribution in [1.82, 2.24) is 0 Å². The second-order valence-electron chi connectivity index (χ2n) is 4.57. The molecule has 1 unspecified atom stereocenters. The maximum atomic E-state index is 11.7. The minimum atomic E-state index is -1.30. The molecule has 18 heavy (non-hydrogen) atoms. The topological polar surface area (TPSA) is 66.8 Å². The van der Waals surface area contributed by atoms with Crippen molar-refractivity contribution in [2.45, 2.75) is 31.3 Å². The van der Waals surface area contributed by atoms with E-state index in [0.717, 1.165) is 30.4 Å². The molecule has 0 radical (unpaired) electrons. The number of ether oxygens (including phenoxy) is 1. The van der Waals surface area contributed by atoms with E-state index in [1.165, 1.54) is 0 Å². The number of rotatable bonds is 4. The van der Waals surface area contributed by atoms with E-state index in [0.29, 0.717) is 6.42 Å². The number of aliphatic hydroxyl groups is 1. The fourth-order valence-corrected chi connectivity index (χ4v) is 2.61. The fraction of sp³-hybridized carbons (Fsp3) is 0.500. The summed E-state index contributed by atoms with van der Waals surface area (Å²) in [6.45, 7) is -0.127. The Bertz CT molecular complexity index is 430. The number of hydrogen-bond acceptors (Lipinski definition) is 3. The second kappa shape index (κ2) is 5.50. The molecule has 4 nitrogen and oxygen atoms in total. The molecule has 2 N–H and O–H groups in total. The molecule has 0 spiro atoms. The first-order valence-electron chi connectivity index (χ1n) is 6.27. The van der Waals surface area contributed by atoms with E-state index >= 15 is 0 Å². The van der Waals surface area contributed by atoms with Gasteiger partial charge in [0, 0.05) is 0 Å². The molecule has 1 aliphatic carbocycles. The SMILES string of the molecule is O=C(O)C1(OCCO)CCCCc2ccccc21. The number of hydrogen-bond donors (Lipinski definition) is 2. The summed E-state index contributed by atoms with van der Waals surface area (Å²) in [5, 5.41) is 18.5. The standard InChI is InChI=1S/C14H18O4/c15-9-10-18-14(13(16)17)8-4-3-6-11-5-1-2-7-12(11)14/h1-2,5,7,15H,3-4,6,8-10H2,(H,16,17). The van der Waals surface area contributed by atoms with Crippen LogP contribution in [0.1, 0.15) is 30.4 Å². The number of aliphatic carboxylic acids is 1. The predicted octanol–water partition coefficient (Wildman–Crippen LogP) is 1.70. The maximum Gasteiger partial charge on any atom is 0.340 e. The molecule has 4 heteroatoms. The minimum Gasteiger partial charge on any atom is -0.479 e. The highest BCUT2D eigenvalue weighted by atomic mass is 16.5. The fourth-order valence-electron chi connectivity index (χ4n) is 2.61. The number of fused-ring (bicyclic) bond motifs is 1. The van der Waals surface area contributed by atoms with Crippen LogP contribution in [0.5, 0.6) is 0 Å². The van der Waals surface area contributed by atoms with Crippen molar-refractivity contribution in [1.29, 1.82) is 0 Å². The van der Waals surface area contributed by atoms with Crippen molar-refractivity contribution < 1.29 is 19.7 Å². The van der Waals surface area contributed by atoms with Crippen LogP contribution in [0.2, 0.25) is 0 Å². The molecular formula is C14H18O4. The molecule has 2 rings (SSSR count). The van der Waals surface area contributed by atoms with Gasteiger partial charge in [0.15, 0.2) is 5.60 Å². The van der Waals surface area contributed by atoms with Crippen LogP contribution >= 0.6 is 0 Å². The van der Waals surface area contributed by atoms with Crippen LogP contribution in [-0.2, 0) is 21.6 Å². The van der Waals surface area contributed by atoms with E-state index in [1.54, 1.807) is 0 Å². The van der Waals surface area contributed by atoms with Crippen molar-refractivity contribution in [3.05, 3.63) is 35.4 Å². The van der Waals surface area contributed by atoms with Gasteiger partial charge in [0.2, 0.25) is 0 Å². The van der Waals surface area contributed by atoms with Crippen LogP contribution in [-0.4, -0.2) is 29.4 Å². The number of aryl methyl sites for hydroxylation is 1. The van der Waals surface area contributed by atoms with Gasteiger partial charge in [0.1, 0.15) is 0 Å². The van der Waals surface area contributed by atoms with Crippen molar-refractivity contribution in [3.8, 4) is 0 Å². The average Bonchev–Trinajstić information content (AvgIpc) is 2.57. The Labute approximate surface area is 106 Å². The summed E-state index contributed by atoms with van der Waals surface area (Å²) in [5.41, 5.74) is 0.481. The number of carboxylic acids is 1. The quantitative estimate of drug-likeness (QED) is 0.798. The Balaban J connectivity index is 2.47. The number of carbonyl (C=O) groups is 1. The lowest BCUT2D eigenvalue weighted by Gasteiger charge is -2.30. The molecule has 0 saturated carbocycles. The van der Waals surface area contributed by atoms with Crippen LogP contribution in [0.3, 0.4) is 0 Å². The van der Waals surface area contributed by atoms with Gasteiger partial charge in [-0.1, -0.05) is 24.3 Å². The van der Waals surface area contributed by atoms with Crippen molar-refractivity contribution >= 4 is 5.97 Å².